The van der Waals surface area contributed by atoms with E-state index in [9.17, 15) is 9.59 Å². The maximum atomic E-state index is 11.8. The van der Waals surface area contributed by atoms with Gasteiger partial charge >= 0.3 is 5.97 Å². The van der Waals surface area contributed by atoms with E-state index in [1.54, 1.807) is 4.57 Å². The maximum absolute atomic E-state index is 11.8. The first-order valence-corrected chi connectivity index (χ1v) is 6.98. The average molecular weight is 286 g/mol. The van der Waals surface area contributed by atoms with E-state index in [1.165, 1.54) is 0 Å². The Labute approximate surface area is 115 Å². The zero-order valence-corrected chi connectivity index (χ0v) is 12.0. The van der Waals surface area contributed by atoms with Crippen LogP contribution in [0.3, 0.4) is 0 Å². The number of nitrogens with one attached hydrogen (secondary N) is 1. The van der Waals surface area contributed by atoms with Crippen LogP contribution < -0.4 is 5.32 Å². The van der Waals surface area contributed by atoms with E-state index < -0.39 is 5.97 Å². The van der Waals surface area contributed by atoms with E-state index in [2.05, 4.69) is 15.5 Å². The second kappa shape index (κ2) is 7.13. The molecule has 0 unspecified atom stereocenters. The highest BCUT2D eigenvalue weighted by Gasteiger charge is 2.15. The molecule has 1 amide bonds. The zero-order chi connectivity index (χ0) is 14.4. The van der Waals surface area contributed by atoms with Crippen LogP contribution >= 0.6 is 11.8 Å². The van der Waals surface area contributed by atoms with E-state index in [-0.39, 0.29) is 24.2 Å². The molecule has 1 aromatic rings. The average Bonchev–Trinajstić information content (AvgIpc) is 2.67. The van der Waals surface area contributed by atoms with Crippen molar-refractivity contribution in [3.05, 3.63) is 5.82 Å². The molecule has 0 saturated heterocycles. The summed E-state index contributed by atoms with van der Waals surface area (Å²) in [4.78, 5) is 22.3. The number of aryl methyl sites for hydroxylation is 1. The Morgan fingerprint density at radius 2 is 2.11 bits per heavy atom. The van der Waals surface area contributed by atoms with Crippen LogP contribution in [0.1, 0.15) is 26.6 Å². The predicted molar refractivity (Wildman–Crippen MR) is 71.0 cm³/mol. The van der Waals surface area contributed by atoms with E-state index in [0.29, 0.717) is 17.4 Å². The second-order valence-electron chi connectivity index (χ2n) is 4.24. The van der Waals surface area contributed by atoms with Gasteiger partial charge in [0.05, 0.1) is 5.75 Å². The third kappa shape index (κ3) is 4.90. The van der Waals surface area contributed by atoms with Gasteiger partial charge in [-0.25, -0.2) is 0 Å². The molecule has 7 nitrogen and oxygen atoms in total. The van der Waals surface area contributed by atoms with Gasteiger partial charge in [-0.3, -0.25) is 14.2 Å². The topological polar surface area (TPSA) is 97.1 Å². The van der Waals surface area contributed by atoms with Crippen LogP contribution in [0.2, 0.25) is 0 Å². The fourth-order valence-electron chi connectivity index (χ4n) is 1.48. The molecule has 0 saturated carbocycles. The first kappa shape index (κ1) is 15.5. The molecule has 0 fully saturated rings. The highest BCUT2D eigenvalue weighted by molar-refractivity contribution is 7.99. The first-order valence-electron chi connectivity index (χ1n) is 6.00. The van der Waals surface area contributed by atoms with Crippen molar-refractivity contribution in [1.29, 1.82) is 0 Å². The van der Waals surface area contributed by atoms with Gasteiger partial charge in [0.2, 0.25) is 5.91 Å². The summed E-state index contributed by atoms with van der Waals surface area (Å²) in [6, 6.07) is 0.0594. The van der Waals surface area contributed by atoms with Gasteiger partial charge in [0.25, 0.3) is 0 Å². The summed E-state index contributed by atoms with van der Waals surface area (Å²) in [5.41, 5.74) is 0. The number of nitrogens with zero attached hydrogens (tertiary/aromatic N) is 3. The van der Waals surface area contributed by atoms with Crippen LogP contribution in [0, 0.1) is 0 Å². The molecule has 19 heavy (non-hydrogen) atoms. The molecule has 0 bridgehead atoms. The van der Waals surface area contributed by atoms with Gasteiger partial charge in [-0.1, -0.05) is 18.7 Å². The van der Waals surface area contributed by atoms with Gasteiger partial charge in [-0.05, 0) is 13.8 Å². The van der Waals surface area contributed by atoms with E-state index in [0.717, 1.165) is 11.8 Å². The number of carbonyl (C=O) groups is 2. The number of carboxylic acids is 1. The molecule has 0 spiro atoms. The van der Waals surface area contributed by atoms with Crippen molar-refractivity contribution in [3.8, 4) is 0 Å². The number of rotatable bonds is 7. The van der Waals surface area contributed by atoms with Crippen molar-refractivity contribution in [2.75, 3.05) is 5.75 Å². The van der Waals surface area contributed by atoms with Crippen LogP contribution in [0.5, 0.6) is 0 Å². The number of hydrogen-bond acceptors (Lipinski definition) is 5. The molecule has 8 heteroatoms. The third-order valence-electron chi connectivity index (χ3n) is 2.19. The predicted octanol–water partition coefficient (Wildman–Crippen LogP) is 0.542. The van der Waals surface area contributed by atoms with E-state index in [4.69, 9.17) is 5.11 Å². The Hall–Kier alpha value is -1.57. The number of amides is 1. The van der Waals surface area contributed by atoms with Crippen molar-refractivity contribution in [2.45, 2.75) is 44.9 Å². The minimum Gasteiger partial charge on any atom is -0.481 e. The second-order valence-corrected chi connectivity index (χ2v) is 5.19. The lowest BCUT2D eigenvalue weighted by Gasteiger charge is -2.11. The Morgan fingerprint density at radius 1 is 1.42 bits per heavy atom. The van der Waals surface area contributed by atoms with Gasteiger partial charge in [0.15, 0.2) is 5.16 Å². The zero-order valence-electron chi connectivity index (χ0n) is 11.2. The van der Waals surface area contributed by atoms with Gasteiger partial charge in [0, 0.05) is 12.5 Å². The van der Waals surface area contributed by atoms with Crippen molar-refractivity contribution in [2.24, 2.45) is 0 Å². The van der Waals surface area contributed by atoms with E-state index in [1.807, 2.05) is 20.8 Å². The van der Waals surface area contributed by atoms with Crippen LogP contribution in [0.25, 0.3) is 0 Å². The largest absolute Gasteiger partial charge is 0.481 e. The number of carbonyl (C=O) groups excluding carboxylic acids is 1. The Morgan fingerprint density at radius 3 is 2.63 bits per heavy atom. The summed E-state index contributed by atoms with van der Waals surface area (Å²) in [5, 5.41) is 19.8. The molecule has 106 valence electrons. The summed E-state index contributed by atoms with van der Waals surface area (Å²) in [5.74, 6) is -0.495. The fraction of sp³-hybridized carbons (Fsp3) is 0.636. The van der Waals surface area contributed by atoms with Crippen LogP contribution in [-0.2, 0) is 22.6 Å². The van der Waals surface area contributed by atoms with Gasteiger partial charge in [-0.2, -0.15) is 0 Å². The number of aromatic nitrogens is 3. The maximum Gasteiger partial charge on any atom is 0.313 e. The van der Waals surface area contributed by atoms with Crippen molar-refractivity contribution in [1.82, 2.24) is 20.1 Å². The number of hydrogen-bond donors (Lipinski definition) is 2. The fourth-order valence-corrected chi connectivity index (χ4v) is 2.16. The summed E-state index contributed by atoms with van der Waals surface area (Å²) in [6.45, 7) is 5.78. The van der Waals surface area contributed by atoms with Crippen LogP contribution in [0.4, 0.5) is 0 Å². The smallest absolute Gasteiger partial charge is 0.313 e. The van der Waals surface area contributed by atoms with Crippen molar-refractivity contribution in [3.63, 3.8) is 0 Å². The number of aliphatic carboxylic acids is 1. The molecule has 1 aromatic heterocycles. The lowest BCUT2D eigenvalue weighted by molar-refractivity contribution is -0.133. The van der Waals surface area contributed by atoms with Crippen LogP contribution in [0.15, 0.2) is 5.16 Å². The summed E-state index contributed by atoms with van der Waals surface area (Å²) >= 11 is 1.06. The standard InChI is InChI=1S/C11H18N4O3S/c1-4-8-13-14-11(19-6-10(17)18)15(8)5-9(16)12-7(2)3/h7H,4-6H2,1-3H3,(H,12,16)(H,17,18). The number of carboxylic acid groups (broad SMARTS) is 1. The molecule has 0 aliphatic carbocycles. The normalized spacial score (nSPS) is 10.7. The lowest BCUT2D eigenvalue weighted by Crippen LogP contribution is -2.33. The monoisotopic (exact) mass is 286 g/mol. The Bertz CT molecular complexity index is 459. The summed E-state index contributed by atoms with van der Waals surface area (Å²) in [6.07, 6.45) is 0.635. The van der Waals surface area contributed by atoms with Gasteiger partial charge < -0.3 is 10.4 Å². The summed E-state index contributed by atoms with van der Waals surface area (Å²) in [7, 11) is 0. The van der Waals surface area contributed by atoms with Crippen molar-refractivity contribution < 1.29 is 14.7 Å². The molecule has 1 rings (SSSR count). The third-order valence-corrected chi connectivity index (χ3v) is 3.14. The minimum atomic E-state index is -0.927. The molecule has 0 aliphatic heterocycles. The highest BCUT2D eigenvalue weighted by atomic mass is 32.2. The Kier molecular flexibility index (Phi) is 5.81. The highest BCUT2D eigenvalue weighted by Crippen LogP contribution is 2.17. The van der Waals surface area contributed by atoms with Crippen LogP contribution in [-0.4, -0.2) is 43.5 Å². The first-order chi connectivity index (χ1) is 8.93. The molecular formula is C11H18N4O3S. The molecule has 0 aromatic carbocycles. The SMILES string of the molecule is CCc1nnc(SCC(=O)O)n1CC(=O)NC(C)C. The Balaban J connectivity index is 2.80. The van der Waals surface area contributed by atoms with E-state index >= 15 is 0 Å². The molecule has 1 heterocycles. The number of thioether (sulfide) groups is 1. The molecule has 0 atom stereocenters. The molecular weight excluding hydrogens is 268 g/mol. The molecule has 0 aliphatic rings. The van der Waals surface area contributed by atoms with Gasteiger partial charge in [-0.15, -0.1) is 10.2 Å². The quantitative estimate of drug-likeness (QED) is 0.710. The minimum absolute atomic E-state index is 0.0594. The lowest BCUT2D eigenvalue weighted by atomic mass is 10.4. The summed E-state index contributed by atoms with van der Waals surface area (Å²) < 4.78 is 1.66. The molecule has 0 radical (unpaired) electrons. The van der Waals surface area contributed by atoms with Crippen molar-refractivity contribution >= 4 is 23.6 Å². The van der Waals surface area contributed by atoms with Gasteiger partial charge in [0.1, 0.15) is 12.4 Å². The molecule has 2 N–H and O–H groups in total.